The molecule has 202 valence electrons. The first-order valence-electron chi connectivity index (χ1n) is 12.8. The zero-order valence-electron chi connectivity index (χ0n) is 21.9. The van der Waals surface area contributed by atoms with Crippen molar-refractivity contribution in [3.05, 3.63) is 71.4 Å². The zero-order chi connectivity index (χ0) is 27.7. The molecule has 4 aromatic rings. The van der Waals surface area contributed by atoms with Crippen molar-refractivity contribution in [2.24, 2.45) is 5.92 Å². The summed E-state index contributed by atoms with van der Waals surface area (Å²) in [5, 5.41) is 0. The topological polar surface area (TPSA) is 130 Å². The molecular weight excluding hydrogens is 518 g/mol. The van der Waals surface area contributed by atoms with Gasteiger partial charge < -0.3 is 13.9 Å². The third kappa shape index (κ3) is 5.32. The van der Waals surface area contributed by atoms with Crippen LogP contribution in [0, 0.1) is 12.8 Å². The molecule has 1 unspecified atom stereocenters. The Kier molecular flexibility index (Phi) is 7.53. The van der Waals surface area contributed by atoms with E-state index in [4.69, 9.17) is 9.72 Å². The number of aromatic nitrogens is 4. The zero-order valence-corrected chi connectivity index (χ0v) is 22.7. The molecule has 0 radical (unpaired) electrons. The second kappa shape index (κ2) is 11.0. The average Bonchev–Trinajstić information content (AvgIpc) is 3.72. The van der Waals surface area contributed by atoms with Gasteiger partial charge in [0.25, 0.3) is 0 Å². The normalized spacial score (nSPS) is 13.8. The summed E-state index contributed by atoms with van der Waals surface area (Å²) in [5.41, 5.74) is 4.98. The van der Waals surface area contributed by atoms with Crippen LogP contribution in [0.25, 0.3) is 22.3 Å². The molecule has 0 aliphatic heterocycles. The molecule has 0 bridgehead atoms. The van der Waals surface area contributed by atoms with Crippen LogP contribution in [-0.4, -0.2) is 46.8 Å². The maximum absolute atomic E-state index is 12.7. The van der Waals surface area contributed by atoms with E-state index in [-0.39, 0.29) is 23.9 Å². The van der Waals surface area contributed by atoms with Gasteiger partial charge in [-0.15, -0.1) is 0 Å². The first-order valence-corrected chi connectivity index (χ1v) is 13.9. The predicted molar refractivity (Wildman–Crippen MR) is 146 cm³/mol. The number of ether oxygens (including phenoxy) is 1. The number of esters is 1. The van der Waals surface area contributed by atoms with Crippen molar-refractivity contribution < 1.29 is 23.1 Å². The maximum atomic E-state index is 12.7. The van der Waals surface area contributed by atoms with E-state index >= 15 is 0 Å². The van der Waals surface area contributed by atoms with E-state index in [1.54, 1.807) is 25.3 Å². The molecule has 0 saturated heterocycles. The highest BCUT2D eigenvalue weighted by atomic mass is 32.2. The highest BCUT2D eigenvalue weighted by molar-refractivity contribution is 7.81. The van der Waals surface area contributed by atoms with Gasteiger partial charge in [0.15, 0.2) is 11.3 Å². The smallest absolute Gasteiger partial charge is 0.357 e. The van der Waals surface area contributed by atoms with Crippen molar-refractivity contribution in [3.8, 4) is 11.1 Å². The summed E-state index contributed by atoms with van der Waals surface area (Å²) in [4.78, 5) is 38.5. The Morgan fingerprint density at radius 3 is 2.54 bits per heavy atom. The molecule has 1 aliphatic rings. The standard InChI is InChI=1S/C28H29N5O5S/c1-4-24-31-25-17(3)14-22(28(35)38-5-2)30-26(25)32(24)16-18-6-8-19(9-7-18)21-12-13-29-15-23(21)33(39(36)37)27(34)20-10-11-20/h6-9,12-15,20H,4-5,10-11,16H2,1-3H3,(H,36,37)/p-1. The third-order valence-electron chi connectivity index (χ3n) is 6.67. The SMILES string of the molecule is CCOC(=O)c1cc(C)c2nc(CC)n(Cc3ccc(-c4ccncc4N(C(=O)C4CC4)S(=O)[O-])cc3)c2n1. The Hall–Kier alpha value is -3.96. The lowest BCUT2D eigenvalue weighted by Crippen LogP contribution is -2.34. The van der Waals surface area contributed by atoms with Crippen molar-refractivity contribution in [3.63, 3.8) is 0 Å². The summed E-state index contributed by atoms with van der Waals surface area (Å²) in [7, 11) is 0. The molecule has 1 fully saturated rings. The van der Waals surface area contributed by atoms with Gasteiger partial charge >= 0.3 is 5.97 Å². The number of amides is 1. The number of carbonyl (C=O) groups excluding carboxylic acids is 2. The maximum Gasteiger partial charge on any atom is 0.357 e. The molecule has 1 aromatic carbocycles. The lowest BCUT2D eigenvalue weighted by molar-refractivity contribution is -0.118. The number of benzene rings is 1. The number of hydrogen-bond donors (Lipinski definition) is 0. The van der Waals surface area contributed by atoms with Gasteiger partial charge in [-0.05, 0) is 55.5 Å². The Morgan fingerprint density at radius 2 is 1.90 bits per heavy atom. The van der Waals surface area contributed by atoms with E-state index in [1.165, 1.54) is 6.20 Å². The summed E-state index contributed by atoms with van der Waals surface area (Å²) in [6.45, 7) is 6.40. The second-order valence-corrected chi connectivity index (χ2v) is 10.2. The lowest BCUT2D eigenvalue weighted by atomic mass is 10.0. The number of hydrogen-bond acceptors (Lipinski definition) is 8. The lowest BCUT2D eigenvalue weighted by Gasteiger charge is -2.26. The monoisotopic (exact) mass is 546 g/mol. The highest BCUT2D eigenvalue weighted by Gasteiger charge is 2.35. The molecule has 3 heterocycles. The number of rotatable bonds is 9. The van der Waals surface area contributed by atoms with Crippen LogP contribution in [-0.2, 0) is 33.8 Å². The van der Waals surface area contributed by atoms with Crippen LogP contribution in [0.5, 0.6) is 0 Å². The van der Waals surface area contributed by atoms with Gasteiger partial charge in [0, 0.05) is 24.1 Å². The molecule has 3 aromatic heterocycles. The number of pyridine rings is 2. The third-order valence-corrected chi connectivity index (χ3v) is 7.35. The van der Waals surface area contributed by atoms with Crippen LogP contribution >= 0.6 is 0 Å². The quantitative estimate of drug-likeness (QED) is 0.226. The molecule has 0 N–H and O–H groups in total. The average molecular weight is 547 g/mol. The minimum absolute atomic E-state index is 0.232. The first kappa shape index (κ1) is 26.6. The van der Waals surface area contributed by atoms with Crippen LogP contribution in [0.15, 0.2) is 48.8 Å². The highest BCUT2D eigenvalue weighted by Crippen LogP contribution is 2.37. The van der Waals surface area contributed by atoms with Crippen molar-refractivity contribution in [2.75, 3.05) is 10.9 Å². The molecule has 5 rings (SSSR count). The number of fused-ring (bicyclic) bond motifs is 1. The number of aryl methyl sites for hydroxylation is 2. The van der Waals surface area contributed by atoms with Gasteiger partial charge in [0.1, 0.15) is 11.3 Å². The number of anilines is 1. The summed E-state index contributed by atoms with van der Waals surface area (Å²) in [6, 6.07) is 11.0. The van der Waals surface area contributed by atoms with E-state index < -0.39 is 23.1 Å². The largest absolute Gasteiger partial charge is 0.755 e. The number of imidazole rings is 1. The van der Waals surface area contributed by atoms with Crippen LogP contribution in [0.1, 0.15) is 54.1 Å². The van der Waals surface area contributed by atoms with Gasteiger partial charge in [-0.2, -0.15) is 0 Å². The molecule has 1 amide bonds. The molecular formula is C28H28N5O5S-. The molecule has 39 heavy (non-hydrogen) atoms. The van der Waals surface area contributed by atoms with Gasteiger partial charge in [0.05, 0.1) is 36.3 Å². The van der Waals surface area contributed by atoms with Crippen LogP contribution in [0.3, 0.4) is 0 Å². The summed E-state index contributed by atoms with van der Waals surface area (Å²) in [5.74, 6) is -0.329. The summed E-state index contributed by atoms with van der Waals surface area (Å²) >= 11 is -2.76. The minimum Gasteiger partial charge on any atom is -0.755 e. The van der Waals surface area contributed by atoms with Crippen molar-refractivity contribution in [2.45, 2.75) is 46.6 Å². The Bertz CT molecular complexity index is 1580. The summed E-state index contributed by atoms with van der Waals surface area (Å²) < 4.78 is 32.0. The number of carbonyl (C=O) groups is 2. The molecule has 1 saturated carbocycles. The second-order valence-electron chi connectivity index (χ2n) is 9.40. The van der Waals surface area contributed by atoms with Gasteiger partial charge in [0.2, 0.25) is 5.91 Å². The fraction of sp³-hybridized carbons (Fsp3) is 0.321. The van der Waals surface area contributed by atoms with Crippen LogP contribution < -0.4 is 4.31 Å². The molecule has 1 atom stereocenters. The predicted octanol–water partition coefficient (Wildman–Crippen LogP) is 4.13. The van der Waals surface area contributed by atoms with Crippen molar-refractivity contribution in [1.29, 1.82) is 0 Å². The molecule has 1 aliphatic carbocycles. The van der Waals surface area contributed by atoms with Gasteiger partial charge in [-0.3, -0.25) is 14.0 Å². The first-order chi connectivity index (χ1) is 18.8. The van der Waals surface area contributed by atoms with Gasteiger partial charge in [-0.1, -0.05) is 31.2 Å². The number of nitrogens with zero attached hydrogens (tertiary/aromatic N) is 5. The van der Waals surface area contributed by atoms with E-state index in [0.717, 1.165) is 32.3 Å². The summed E-state index contributed by atoms with van der Waals surface area (Å²) in [6.07, 6.45) is 5.03. The van der Waals surface area contributed by atoms with Gasteiger partial charge in [-0.25, -0.2) is 19.1 Å². The van der Waals surface area contributed by atoms with Crippen LogP contribution in [0.4, 0.5) is 5.69 Å². The molecule has 11 heteroatoms. The van der Waals surface area contributed by atoms with E-state index in [9.17, 15) is 18.4 Å². The van der Waals surface area contributed by atoms with E-state index in [0.29, 0.717) is 37.0 Å². The Morgan fingerprint density at radius 1 is 1.15 bits per heavy atom. The fourth-order valence-corrected chi connectivity index (χ4v) is 5.17. The fourth-order valence-electron chi connectivity index (χ4n) is 4.57. The molecule has 10 nitrogen and oxygen atoms in total. The Balaban J connectivity index is 1.48. The Labute approximate surface area is 228 Å². The van der Waals surface area contributed by atoms with Crippen LogP contribution in [0.2, 0.25) is 0 Å². The van der Waals surface area contributed by atoms with E-state index in [2.05, 4.69) is 9.97 Å². The minimum atomic E-state index is -2.76. The van der Waals surface area contributed by atoms with Crippen molar-refractivity contribution in [1.82, 2.24) is 19.5 Å². The molecule has 0 spiro atoms. The van der Waals surface area contributed by atoms with E-state index in [1.807, 2.05) is 42.7 Å². The van der Waals surface area contributed by atoms with Crippen molar-refractivity contribution >= 4 is 40.0 Å².